The molecular weight excluding hydrogens is 369 g/mol. The van der Waals surface area contributed by atoms with Crippen molar-refractivity contribution in [2.45, 2.75) is 11.3 Å². The molecule has 2 N–H and O–H groups in total. The van der Waals surface area contributed by atoms with Crippen molar-refractivity contribution >= 4 is 15.8 Å². The largest absolute Gasteiger partial charge is 0.492 e. The standard InChI is InChI=1S/C19H24FN3O3S/c1-21-19(22-11-10-15-4-3-5-16(20)14-15)23-12-13-26-17-6-8-18(9-7-17)27(2,24)25/h3-9,14H,10-13H2,1-2H3,(H2,21,22,23). The van der Waals surface area contributed by atoms with Crippen molar-refractivity contribution in [1.82, 2.24) is 10.6 Å². The van der Waals surface area contributed by atoms with Crippen LogP contribution in [0.5, 0.6) is 5.75 Å². The minimum atomic E-state index is -3.20. The topological polar surface area (TPSA) is 79.8 Å². The zero-order valence-corrected chi connectivity index (χ0v) is 16.2. The molecule has 0 amide bonds. The molecule has 2 rings (SSSR count). The Hall–Kier alpha value is -2.61. The van der Waals surface area contributed by atoms with Gasteiger partial charge in [-0.2, -0.15) is 0 Å². The van der Waals surface area contributed by atoms with Crippen molar-refractivity contribution in [2.75, 3.05) is 33.0 Å². The van der Waals surface area contributed by atoms with Crippen LogP contribution in [0.15, 0.2) is 58.4 Å². The number of halogens is 1. The summed E-state index contributed by atoms with van der Waals surface area (Å²) < 4.78 is 41.6. The minimum absolute atomic E-state index is 0.239. The summed E-state index contributed by atoms with van der Waals surface area (Å²) in [6.07, 6.45) is 1.85. The third kappa shape index (κ3) is 7.26. The Morgan fingerprint density at radius 3 is 2.44 bits per heavy atom. The van der Waals surface area contributed by atoms with E-state index < -0.39 is 9.84 Å². The summed E-state index contributed by atoms with van der Waals surface area (Å²) in [5.74, 6) is 0.984. The van der Waals surface area contributed by atoms with E-state index in [-0.39, 0.29) is 10.7 Å². The smallest absolute Gasteiger partial charge is 0.191 e. The summed E-state index contributed by atoms with van der Waals surface area (Å²) in [5.41, 5.74) is 0.916. The summed E-state index contributed by atoms with van der Waals surface area (Å²) in [6, 6.07) is 12.8. The highest BCUT2D eigenvalue weighted by molar-refractivity contribution is 7.90. The number of hydrogen-bond acceptors (Lipinski definition) is 4. The van der Waals surface area contributed by atoms with Crippen LogP contribution in [0.1, 0.15) is 5.56 Å². The normalized spacial score (nSPS) is 11.9. The molecule has 0 saturated heterocycles. The van der Waals surface area contributed by atoms with Crippen LogP contribution < -0.4 is 15.4 Å². The molecule has 2 aromatic carbocycles. The fraction of sp³-hybridized carbons (Fsp3) is 0.316. The van der Waals surface area contributed by atoms with E-state index in [2.05, 4.69) is 15.6 Å². The first-order chi connectivity index (χ1) is 12.9. The van der Waals surface area contributed by atoms with Gasteiger partial charge in [-0.25, -0.2) is 12.8 Å². The van der Waals surface area contributed by atoms with Crippen LogP contribution in [0.3, 0.4) is 0 Å². The Labute approximate surface area is 159 Å². The van der Waals surface area contributed by atoms with Gasteiger partial charge in [0.05, 0.1) is 11.4 Å². The van der Waals surface area contributed by atoms with Crippen molar-refractivity contribution in [1.29, 1.82) is 0 Å². The minimum Gasteiger partial charge on any atom is -0.492 e. The average molecular weight is 393 g/mol. The second-order valence-electron chi connectivity index (χ2n) is 5.90. The lowest BCUT2D eigenvalue weighted by Gasteiger charge is -2.12. The summed E-state index contributed by atoms with van der Waals surface area (Å²) in [7, 11) is -1.53. The first kappa shape index (κ1) is 20.7. The molecule has 0 saturated carbocycles. The van der Waals surface area contributed by atoms with Gasteiger partial charge in [0.15, 0.2) is 15.8 Å². The van der Waals surface area contributed by atoms with Gasteiger partial charge in [-0.05, 0) is 48.4 Å². The molecule has 8 heteroatoms. The summed E-state index contributed by atoms with van der Waals surface area (Å²) in [4.78, 5) is 4.38. The predicted molar refractivity (Wildman–Crippen MR) is 105 cm³/mol. The second-order valence-corrected chi connectivity index (χ2v) is 7.91. The third-order valence-corrected chi connectivity index (χ3v) is 4.86. The molecule has 0 aromatic heterocycles. The Kier molecular flexibility index (Phi) is 7.60. The maximum atomic E-state index is 13.1. The highest BCUT2D eigenvalue weighted by Crippen LogP contribution is 2.15. The van der Waals surface area contributed by atoms with Crippen molar-refractivity contribution in [2.24, 2.45) is 4.99 Å². The first-order valence-electron chi connectivity index (χ1n) is 8.50. The highest BCUT2D eigenvalue weighted by Gasteiger charge is 2.06. The van der Waals surface area contributed by atoms with Gasteiger partial charge in [0.1, 0.15) is 18.2 Å². The predicted octanol–water partition coefficient (Wildman–Crippen LogP) is 2.02. The maximum Gasteiger partial charge on any atom is 0.191 e. The molecule has 0 aliphatic heterocycles. The van der Waals surface area contributed by atoms with Gasteiger partial charge in [-0.1, -0.05) is 12.1 Å². The van der Waals surface area contributed by atoms with E-state index in [4.69, 9.17) is 4.74 Å². The molecule has 6 nitrogen and oxygen atoms in total. The molecule has 0 aliphatic rings. The lowest BCUT2D eigenvalue weighted by atomic mass is 10.1. The molecule has 0 spiro atoms. The molecule has 0 aliphatic carbocycles. The van der Waals surface area contributed by atoms with Crippen LogP contribution in [0.25, 0.3) is 0 Å². The summed E-state index contributed by atoms with van der Waals surface area (Å²) in [5, 5.41) is 6.27. The van der Waals surface area contributed by atoms with E-state index in [1.807, 2.05) is 6.07 Å². The van der Waals surface area contributed by atoms with Gasteiger partial charge >= 0.3 is 0 Å². The summed E-state index contributed by atoms with van der Waals surface area (Å²) >= 11 is 0. The fourth-order valence-corrected chi connectivity index (χ4v) is 2.99. The molecule has 0 fully saturated rings. The van der Waals surface area contributed by atoms with E-state index in [0.717, 1.165) is 5.56 Å². The number of aliphatic imine (C=N–C) groups is 1. The van der Waals surface area contributed by atoms with E-state index in [9.17, 15) is 12.8 Å². The van der Waals surface area contributed by atoms with Crippen LogP contribution in [0.4, 0.5) is 4.39 Å². The number of benzene rings is 2. The van der Waals surface area contributed by atoms with E-state index in [1.165, 1.54) is 30.5 Å². The SMILES string of the molecule is CN=C(NCCOc1ccc(S(C)(=O)=O)cc1)NCCc1cccc(F)c1. The number of sulfone groups is 1. The average Bonchev–Trinajstić information content (AvgIpc) is 2.63. The van der Waals surface area contributed by atoms with Crippen LogP contribution >= 0.6 is 0 Å². The van der Waals surface area contributed by atoms with Gasteiger partial charge in [0, 0.05) is 19.8 Å². The van der Waals surface area contributed by atoms with Gasteiger partial charge in [0.25, 0.3) is 0 Å². The number of rotatable bonds is 8. The first-order valence-corrected chi connectivity index (χ1v) is 10.4. The molecule has 146 valence electrons. The molecule has 0 atom stereocenters. The fourth-order valence-electron chi connectivity index (χ4n) is 2.36. The molecule has 0 radical (unpaired) electrons. The maximum absolute atomic E-state index is 13.1. The van der Waals surface area contributed by atoms with E-state index in [0.29, 0.717) is 37.8 Å². The second kappa shape index (κ2) is 9.91. The van der Waals surface area contributed by atoms with Gasteiger partial charge < -0.3 is 15.4 Å². The van der Waals surface area contributed by atoms with Crippen LogP contribution in [0, 0.1) is 5.82 Å². The van der Waals surface area contributed by atoms with Gasteiger partial charge in [-0.3, -0.25) is 4.99 Å². The number of ether oxygens (including phenoxy) is 1. The monoisotopic (exact) mass is 393 g/mol. The number of nitrogens with one attached hydrogen (secondary N) is 2. The number of guanidine groups is 1. The van der Waals surface area contributed by atoms with Crippen LogP contribution in [-0.4, -0.2) is 47.4 Å². The molecule has 2 aromatic rings. The number of nitrogens with zero attached hydrogens (tertiary/aromatic N) is 1. The zero-order valence-electron chi connectivity index (χ0n) is 15.4. The molecule has 0 unspecified atom stereocenters. The van der Waals surface area contributed by atoms with E-state index >= 15 is 0 Å². The van der Waals surface area contributed by atoms with E-state index in [1.54, 1.807) is 25.2 Å². The highest BCUT2D eigenvalue weighted by atomic mass is 32.2. The van der Waals surface area contributed by atoms with Crippen LogP contribution in [-0.2, 0) is 16.3 Å². The molecule has 27 heavy (non-hydrogen) atoms. The Morgan fingerprint density at radius 1 is 1.11 bits per heavy atom. The molecule has 0 bridgehead atoms. The van der Waals surface area contributed by atoms with Crippen molar-refractivity contribution in [3.63, 3.8) is 0 Å². The lowest BCUT2D eigenvalue weighted by Crippen LogP contribution is -2.40. The third-order valence-electron chi connectivity index (χ3n) is 3.73. The quantitative estimate of drug-likeness (QED) is 0.407. The Morgan fingerprint density at radius 2 is 1.81 bits per heavy atom. The van der Waals surface area contributed by atoms with Gasteiger partial charge in [-0.15, -0.1) is 0 Å². The number of hydrogen-bond donors (Lipinski definition) is 2. The Bertz CT molecular complexity index is 868. The summed E-state index contributed by atoms with van der Waals surface area (Å²) in [6.45, 7) is 1.53. The lowest BCUT2D eigenvalue weighted by molar-refractivity contribution is 0.321. The van der Waals surface area contributed by atoms with Crippen molar-refractivity contribution in [3.8, 4) is 5.75 Å². The van der Waals surface area contributed by atoms with Crippen molar-refractivity contribution < 1.29 is 17.5 Å². The van der Waals surface area contributed by atoms with Gasteiger partial charge in [0.2, 0.25) is 0 Å². The van der Waals surface area contributed by atoms with Crippen LogP contribution in [0.2, 0.25) is 0 Å². The van der Waals surface area contributed by atoms with Crippen molar-refractivity contribution in [3.05, 3.63) is 59.9 Å². The molecule has 0 heterocycles. The zero-order chi connectivity index (χ0) is 19.7. The molecular formula is C19H24FN3O3S. The Balaban J connectivity index is 1.68.